The largest absolute Gasteiger partial charge is 0.493 e. The summed E-state index contributed by atoms with van der Waals surface area (Å²) in [7, 11) is 2.94. The van der Waals surface area contributed by atoms with Crippen molar-refractivity contribution in [2.45, 2.75) is 12.3 Å². The zero-order chi connectivity index (χ0) is 23.3. The van der Waals surface area contributed by atoms with Gasteiger partial charge in [0.25, 0.3) is 0 Å². The number of amides is 1. The highest BCUT2D eigenvalue weighted by atomic mass is 19.1. The Morgan fingerprint density at radius 3 is 2.70 bits per heavy atom. The number of rotatable bonds is 5. The Hall–Kier alpha value is -4.21. The molecule has 0 spiro atoms. The van der Waals surface area contributed by atoms with Gasteiger partial charge in [-0.15, -0.1) is 0 Å². The predicted octanol–water partition coefficient (Wildman–Crippen LogP) is 3.53. The average Bonchev–Trinajstić information content (AvgIpc) is 3.43. The van der Waals surface area contributed by atoms with Gasteiger partial charge >= 0.3 is 5.97 Å². The van der Waals surface area contributed by atoms with Crippen molar-refractivity contribution in [1.82, 2.24) is 4.57 Å². The lowest BCUT2D eigenvalue weighted by Crippen LogP contribution is -2.26. The highest BCUT2D eigenvalue weighted by molar-refractivity contribution is 6.04. The van der Waals surface area contributed by atoms with Crippen molar-refractivity contribution in [3.05, 3.63) is 59.2 Å². The molecular weight excluding hydrogens is 435 g/mol. The van der Waals surface area contributed by atoms with Crippen molar-refractivity contribution >= 4 is 17.6 Å². The monoisotopic (exact) mass is 454 g/mol. The van der Waals surface area contributed by atoms with Gasteiger partial charge in [0.05, 0.1) is 25.6 Å². The summed E-state index contributed by atoms with van der Waals surface area (Å²) in [5.41, 5.74) is 1.46. The molecule has 0 radical (unpaired) electrons. The molecule has 0 fully saturated rings. The summed E-state index contributed by atoms with van der Waals surface area (Å²) in [6.45, 7) is -0.0231. The third-order valence-electron chi connectivity index (χ3n) is 5.74. The molecule has 1 amide bonds. The Kier molecular flexibility index (Phi) is 4.85. The Morgan fingerprint density at radius 2 is 2.00 bits per heavy atom. The second kappa shape index (κ2) is 7.73. The topological polar surface area (TPSA) is 108 Å². The van der Waals surface area contributed by atoms with Crippen LogP contribution in [0.4, 0.5) is 10.1 Å². The van der Waals surface area contributed by atoms with E-state index in [0.717, 1.165) is 0 Å². The summed E-state index contributed by atoms with van der Waals surface area (Å²) in [4.78, 5) is 24.7. The number of ether oxygens (including phenoxy) is 4. The van der Waals surface area contributed by atoms with Gasteiger partial charge in [-0.25, -0.2) is 9.18 Å². The lowest BCUT2D eigenvalue weighted by Gasteiger charge is -2.28. The number of halogens is 1. The van der Waals surface area contributed by atoms with Gasteiger partial charge in [-0.3, -0.25) is 4.79 Å². The molecule has 9 nitrogen and oxygen atoms in total. The fourth-order valence-corrected chi connectivity index (χ4v) is 4.38. The van der Waals surface area contributed by atoms with Crippen molar-refractivity contribution in [3.63, 3.8) is 0 Å². The van der Waals surface area contributed by atoms with Crippen LogP contribution in [0, 0.1) is 5.82 Å². The first-order valence-electron chi connectivity index (χ1n) is 10.0. The van der Waals surface area contributed by atoms with Gasteiger partial charge in [-0.1, -0.05) is 6.07 Å². The minimum Gasteiger partial charge on any atom is -0.493 e. The molecule has 1 atom stereocenters. The van der Waals surface area contributed by atoms with E-state index >= 15 is 0 Å². The first-order chi connectivity index (χ1) is 15.9. The number of carbonyl (C=O) groups excluding carboxylic acids is 1. The second-order valence-electron chi connectivity index (χ2n) is 7.53. The van der Waals surface area contributed by atoms with Crippen molar-refractivity contribution in [3.8, 4) is 28.7 Å². The molecule has 0 saturated carbocycles. The Bertz CT molecular complexity index is 1300. The van der Waals surface area contributed by atoms with E-state index in [2.05, 4.69) is 5.32 Å². The van der Waals surface area contributed by atoms with Crippen molar-refractivity contribution in [1.29, 1.82) is 0 Å². The Morgan fingerprint density at radius 1 is 1.21 bits per heavy atom. The second-order valence-corrected chi connectivity index (χ2v) is 7.53. The highest BCUT2D eigenvalue weighted by Gasteiger charge is 2.38. The van der Waals surface area contributed by atoms with Crippen LogP contribution in [0.3, 0.4) is 0 Å². The smallest absolute Gasteiger partial charge is 0.339 e. The average molecular weight is 454 g/mol. The molecule has 0 bridgehead atoms. The number of nitrogens with one attached hydrogen (secondary N) is 1. The van der Waals surface area contributed by atoms with E-state index in [0.29, 0.717) is 39.9 Å². The number of hydrogen-bond acceptors (Lipinski definition) is 6. The number of methoxy groups -OCH3 is 2. The highest BCUT2D eigenvalue weighted by Crippen LogP contribution is 2.54. The number of benzene rings is 2. The minimum atomic E-state index is -1.22. The summed E-state index contributed by atoms with van der Waals surface area (Å²) >= 11 is 0. The van der Waals surface area contributed by atoms with E-state index in [1.807, 2.05) is 0 Å². The first kappa shape index (κ1) is 20.7. The van der Waals surface area contributed by atoms with Gasteiger partial charge in [-0.05, 0) is 24.3 Å². The number of carboxylic acid groups (broad SMARTS) is 1. The zero-order valence-electron chi connectivity index (χ0n) is 17.7. The maximum Gasteiger partial charge on any atom is 0.339 e. The minimum absolute atomic E-state index is 0.00938. The van der Waals surface area contributed by atoms with E-state index in [1.54, 1.807) is 16.7 Å². The van der Waals surface area contributed by atoms with Gasteiger partial charge in [0.15, 0.2) is 11.5 Å². The maximum absolute atomic E-state index is 14.0. The normalized spacial score (nSPS) is 16.2. The van der Waals surface area contributed by atoms with E-state index in [1.165, 1.54) is 38.6 Å². The van der Waals surface area contributed by atoms with Crippen molar-refractivity contribution < 1.29 is 38.0 Å². The SMILES string of the molecule is COc1cc(C2CC(=O)Nc3c(C(=O)O)cn(-c4cccc(F)c4)c32)c(OC)c2c1OCO2. The maximum atomic E-state index is 14.0. The first-order valence-corrected chi connectivity index (χ1v) is 10.0. The van der Waals surface area contributed by atoms with Gasteiger partial charge < -0.3 is 33.9 Å². The van der Waals surface area contributed by atoms with Crippen LogP contribution >= 0.6 is 0 Å². The third-order valence-corrected chi connectivity index (χ3v) is 5.74. The summed E-state index contributed by atoms with van der Waals surface area (Å²) in [5.74, 6) is -1.28. The molecule has 2 aliphatic heterocycles. The molecule has 5 rings (SSSR count). The standard InChI is InChI=1S/C23H19FN2O7/c1-30-16-7-14(20(31-2)22-21(16)32-10-33-22)13-8-17(27)25-18-15(23(28)29)9-26(19(13)18)12-5-3-4-11(24)6-12/h3-7,9,13H,8,10H2,1-2H3,(H,25,27)(H,28,29). The van der Waals surface area contributed by atoms with Crippen LogP contribution in [0.25, 0.3) is 5.69 Å². The van der Waals surface area contributed by atoms with Gasteiger partial charge in [-0.2, -0.15) is 0 Å². The van der Waals surface area contributed by atoms with E-state index < -0.39 is 17.7 Å². The van der Waals surface area contributed by atoms with Gasteiger partial charge in [0.1, 0.15) is 11.4 Å². The summed E-state index contributed by atoms with van der Waals surface area (Å²) in [6.07, 6.45) is 1.36. The summed E-state index contributed by atoms with van der Waals surface area (Å²) < 4.78 is 37.8. The lowest BCUT2D eigenvalue weighted by molar-refractivity contribution is -0.116. The van der Waals surface area contributed by atoms with E-state index in [-0.39, 0.29) is 30.4 Å². The fraction of sp³-hybridized carbons (Fsp3) is 0.217. The molecule has 10 heteroatoms. The number of aromatic nitrogens is 1. The number of aromatic carboxylic acids is 1. The quantitative estimate of drug-likeness (QED) is 0.607. The molecule has 170 valence electrons. The van der Waals surface area contributed by atoms with Gasteiger partial charge in [0.2, 0.25) is 24.2 Å². The van der Waals surface area contributed by atoms with Crippen LogP contribution in [0.5, 0.6) is 23.0 Å². The molecule has 3 heterocycles. The van der Waals surface area contributed by atoms with E-state index in [4.69, 9.17) is 18.9 Å². The lowest BCUT2D eigenvalue weighted by atomic mass is 9.87. The van der Waals surface area contributed by atoms with Gasteiger partial charge in [0, 0.05) is 29.8 Å². The number of anilines is 1. The molecule has 2 aliphatic rings. The fourth-order valence-electron chi connectivity index (χ4n) is 4.38. The molecule has 1 unspecified atom stereocenters. The van der Waals surface area contributed by atoms with Crippen LogP contribution in [0.2, 0.25) is 0 Å². The molecule has 1 aromatic heterocycles. The van der Waals surface area contributed by atoms with Crippen LogP contribution in [-0.4, -0.2) is 42.6 Å². The summed E-state index contributed by atoms with van der Waals surface area (Å²) in [5, 5.41) is 12.5. The molecule has 0 aliphatic carbocycles. The number of carbonyl (C=O) groups is 2. The predicted molar refractivity (Wildman–Crippen MR) is 113 cm³/mol. The molecule has 3 aromatic rings. The zero-order valence-corrected chi connectivity index (χ0v) is 17.7. The van der Waals surface area contributed by atoms with Crippen LogP contribution in [0.15, 0.2) is 36.5 Å². The van der Waals surface area contributed by atoms with Crippen LogP contribution in [-0.2, 0) is 4.79 Å². The molecule has 2 N–H and O–H groups in total. The number of fused-ring (bicyclic) bond motifs is 2. The molecule has 33 heavy (non-hydrogen) atoms. The number of carboxylic acids is 1. The number of nitrogens with zero attached hydrogens (tertiary/aromatic N) is 1. The molecule has 2 aromatic carbocycles. The van der Waals surface area contributed by atoms with Crippen molar-refractivity contribution in [2.24, 2.45) is 0 Å². The van der Waals surface area contributed by atoms with Crippen molar-refractivity contribution in [2.75, 3.05) is 26.3 Å². The molecular formula is C23H19FN2O7. The molecule has 0 saturated heterocycles. The van der Waals surface area contributed by atoms with Crippen LogP contribution < -0.4 is 24.3 Å². The van der Waals surface area contributed by atoms with Crippen LogP contribution in [0.1, 0.15) is 34.0 Å². The summed E-state index contributed by atoms with van der Waals surface area (Å²) in [6, 6.07) is 7.44. The Labute approximate surface area is 187 Å². The van der Waals surface area contributed by atoms with E-state index in [9.17, 15) is 19.1 Å². The number of hydrogen-bond donors (Lipinski definition) is 2. The third kappa shape index (κ3) is 3.22. The Balaban J connectivity index is 1.80.